The molecule has 6 heteroatoms. The van der Waals surface area contributed by atoms with E-state index in [1.54, 1.807) is 25.4 Å². The number of carboxylic acid groups (broad SMARTS) is 1. The monoisotopic (exact) mass is 273 g/mol. The van der Waals surface area contributed by atoms with E-state index in [4.69, 9.17) is 5.11 Å². The third-order valence-electron chi connectivity index (χ3n) is 2.84. The summed E-state index contributed by atoms with van der Waals surface area (Å²) in [7, 11) is 1.70. The predicted molar refractivity (Wildman–Crippen MR) is 73.7 cm³/mol. The topological polar surface area (TPSA) is 75.4 Å². The average molecular weight is 273 g/mol. The highest BCUT2D eigenvalue weighted by Crippen LogP contribution is 2.17. The second kappa shape index (κ2) is 5.56. The van der Waals surface area contributed by atoms with Crippen molar-refractivity contribution in [3.8, 4) is 0 Å². The Morgan fingerprint density at radius 1 is 1.30 bits per heavy atom. The molecule has 0 saturated carbocycles. The van der Waals surface area contributed by atoms with Gasteiger partial charge in [0.1, 0.15) is 6.54 Å². The molecule has 1 heterocycles. The third kappa shape index (κ3) is 3.03. The van der Waals surface area contributed by atoms with Crippen LogP contribution in [0.4, 0.5) is 5.69 Å². The lowest BCUT2D eigenvalue weighted by Crippen LogP contribution is -2.35. The first-order valence-corrected chi connectivity index (χ1v) is 6.06. The predicted octanol–water partition coefficient (Wildman–Crippen LogP) is 1.46. The number of aliphatic carboxylic acids is 1. The first-order chi connectivity index (χ1) is 9.47. The molecule has 0 aliphatic rings. The Bertz CT molecular complexity index is 631. The van der Waals surface area contributed by atoms with E-state index in [-0.39, 0.29) is 5.91 Å². The van der Waals surface area contributed by atoms with Crippen molar-refractivity contribution in [1.82, 2.24) is 9.78 Å². The molecular formula is C14H15N3O3. The second-order valence-corrected chi connectivity index (χ2v) is 4.52. The molecule has 0 atom stereocenters. The number of carbonyl (C=O) groups is 2. The van der Waals surface area contributed by atoms with Crippen LogP contribution in [0.25, 0.3) is 0 Å². The van der Waals surface area contributed by atoms with E-state index in [1.165, 1.54) is 15.8 Å². The maximum atomic E-state index is 12.4. The highest BCUT2D eigenvalue weighted by Gasteiger charge is 2.21. The second-order valence-electron chi connectivity index (χ2n) is 4.52. The molecule has 0 aliphatic carbocycles. The van der Waals surface area contributed by atoms with E-state index in [0.717, 1.165) is 5.56 Å². The number of aromatic nitrogens is 2. The Labute approximate surface area is 116 Å². The van der Waals surface area contributed by atoms with Crippen molar-refractivity contribution in [2.24, 2.45) is 7.05 Å². The number of rotatable bonds is 4. The summed E-state index contributed by atoms with van der Waals surface area (Å²) in [6.07, 6.45) is 2.98. The first kappa shape index (κ1) is 13.8. The van der Waals surface area contributed by atoms with Crippen molar-refractivity contribution >= 4 is 17.6 Å². The summed E-state index contributed by atoms with van der Waals surface area (Å²) < 4.78 is 1.50. The van der Waals surface area contributed by atoms with Crippen LogP contribution in [0.2, 0.25) is 0 Å². The minimum Gasteiger partial charge on any atom is -0.480 e. The van der Waals surface area contributed by atoms with E-state index in [1.807, 2.05) is 19.1 Å². The van der Waals surface area contributed by atoms with Gasteiger partial charge in [0.25, 0.3) is 5.91 Å². The summed E-state index contributed by atoms with van der Waals surface area (Å²) in [5.74, 6) is -1.45. The van der Waals surface area contributed by atoms with Crippen molar-refractivity contribution in [2.45, 2.75) is 6.92 Å². The van der Waals surface area contributed by atoms with Gasteiger partial charge in [-0.25, -0.2) is 0 Å². The molecule has 0 bridgehead atoms. The molecule has 1 aromatic heterocycles. The number of benzene rings is 1. The van der Waals surface area contributed by atoms with Gasteiger partial charge in [0, 0.05) is 18.9 Å². The van der Waals surface area contributed by atoms with Gasteiger partial charge < -0.3 is 5.11 Å². The van der Waals surface area contributed by atoms with Crippen LogP contribution < -0.4 is 4.90 Å². The van der Waals surface area contributed by atoms with E-state index < -0.39 is 12.5 Å². The molecule has 104 valence electrons. The highest BCUT2D eigenvalue weighted by molar-refractivity contribution is 6.07. The lowest BCUT2D eigenvalue weighted by molar-refractivity contribution is -0.135. The number of carbonyl (C=O) groups excluding carboxylic acids is 1. The number of hydrogen-bond acceptors (Lipinski definition) is 3. The lowest BCUT2D eigenvalue weighted by atomic mass is 10.2. The van der Waals surface area contributed by atoms with E-state index in [0.29, 0.717) is 11.3 Å². The summed E-state index contributed by atoms with van der Waals surface area (Å²) in [5, 5.41) is 12.9. The van der Waals surface area contributed by atoms with E-state index in [2.05, 4.69) is 5.10 Å². The van der Waals surface area contributed by atoms with Crippen molar-refractivity contribution in [1.29, 1.82) is 0 Å². The molecule has 0 fully saturated rings. The van der Waals surface area contributed by atoms with Crippen LogP contribution >= 0.6 is 0 Å². The zero-order valence-electron chi connectivity index (χ0n) is 11.3. The Morgan fingerprint density at radius 3 is 2.45 bits per heavy atom. The van der Waals surface area contributed by atoms with E-state index >= 15 is 0 Å². The Hall–Kier alpha value is -2.63. The number of anilines is 1. The van der Waals surface area contributed by atoms with Gasteiger partial charge in [0.15, 0.2) is 0 Å². The molecule has 0 saturated heterocycles. The maximum Gasteiger partial charge on any atom is 0.323 e. The Balaban J connectivity index is 2.34. The Kier molecular flexibility index (Phi) is 3.84. The average Bonchev–Trinajstić information content (AvgIpc) is 2.83. The maximum absolute atomic E-state index is 12.4. The standard InChI is InChI=1S/C14H15N3O3/c1-10-3-5-12(6-4-10)17(9-13(18)19)14(20)11-7-15-16(2)8-11/h3-8H,9H2,1-2H3,(H,18,19). The summed E-state index contributed by atoms with van der Waals surface area (Å²) in [4.78, 5) is 24.6. The first-order valence-electron chi connectivity index (χ1n) is 6.06. The van der Waals surface area contributed by atoms with Crippen LogP contribution in [0.3, 0.4) is 0 Å². The van der Waals surface area contributed by atoms with Gasteiger partial charge in [-0.1, -0.05) is 17.7 Å². The minimum atomic E-state index is -1.07. The van der Waals surface area contributed by atoms with Crippen LogP contribution in [0.1, 0.15) is 15.9 Å². The largest absolute Gasteiger partial charge is 0.480 e. The number of hydrogen-bond donors (Lipinski definition) is 1. The third-order valence-corrected chi connectivity index (χ3v) is 2.84. The van der Waals surface area contributed by atoms with Gasteiger partial charge in [0.2, 0.25) is 0 Å². The van der Waals surface area contributed by atoms with Gasteiger partial charge in [-0.15, -0.1) is 0 Å². The van der Waals surface area contributed by atoms with Gasteiger partial charge in [-0.05, 0) is 19.1 Å². The van der Waals surface area contributed by atoms with Crippen molar-refractivity contribution in [3.05, 3.63) is 47.8 Å². The molecule has 20 heavy (non-hydrogen) atoms. The quantitative estimate of drug-likeness (QED) is 0.915. The SMILES string of the molecule is Cc1ccc(N(CC(=O)O)C(=O)c2cnn(C)c2)cc1. The molecular weight excluding hydrogens is 258 g/mol. The fourth-order valence-electron chi connectivity index (χ4n) is 1.83. The van der Waals surface area contributed by atoms with Gasteiger partial charge >= 0.3 is 5.97 Å². The molecule has 1 amide bonds. The van der Waals surface area contributed by atoms with Crippen molar-refractivity contribution < 1.29 is 14.7 Å². The molecule has 0 aliphatic heterocycles. The molecule has 1 aromatic carbocycles. The summed E-state index contributed by atoms with van der Waals surface area (Å²) in [5.41, 5.74) is 1.94. The van der Waals surface area contributed by atoms with E-state index in [9.17, 15) is 9.59 Å². The number of amides is 1. The molecule has 0 unspecified atom stereocenters. The van der Waals surface area contributed by atoms with Crippen LogP contribution in [0, 0.1) is 6.92 Å². The number of aryl methyl sites for hydroxylation is 2. The molecule has 6 nitrogen and oxygen atoms in total. The molecule has 0 radical (unpaired) electrons. The van der Waals surface area contributed by atoms with Gasteiger partial charge in [-0.2, -0.15) is 5.10 Å². The fraction of sp³-hybridized carbons (Fsp3) is 0.214. The van der Waals surface area contributed by atoms with Gasteiger partial charge in [0.05, 0.1) is 11.8 Å². The zero-order chi connectivity index (χ0) is 14.7. The smallest absolute Gasteiger partial charge is 0.323 e. The number of nitrogens with zero attached hydrogens (tertiary/aromatic N) is 3. The minimum absolute atomic E-state index is 0.356. The van der Waals surface area contributed by atoms with Gasteiger partial charge in [-0.3, -0.25) is 19.2 Å². The molecule has 2 aromatic rings. The van der Waals surface area contributed by atoms with Crippen molar-refractivity contribution in [2.75, 3.05) is 11.4 Å². The van der Waals surface area contributed by atoms with Crippen LogP contribution in [-0.2, 0) is 11.8 Å². The van der Waals surface area contributed by atoms with Crippen LogP contribution in [0.15, 0.2) is 36.7 Å². The van der Waals surface area contributed by atoms with Crippen LogP contribution in [-0.4, -0.2) is 33.3 Å². The molecule has 1 N–H and O–H groups in total. The lowest BCUT2D eigenvalue weighted by Gasteiger charge is -2.20. The summed E-state index contributed by atoms with van der Waals surface area (Å²) in [6, 6.07) is 7.13. The molecule has 0 spiro atoms. The normalized spacial score (nSPS) is 10.3. The fourth-order valence-corrected chi connectivity index (χ4v) is 1.83. The van der Waals surface area contributed by atoms with Crippen LogP contribution in [0.5, 0.6) is 0 Å². The number of carboxylic acids is 1. The summed E-state index contributed by atoms with van der Waals surface area (Å²) >= 11 is 0. The molecule has 2 rings (SSSR count). The Morgan fingerprint density at radius 2 is 1.95 bits per heavy atom. The highest BCUT2D eigenvalue weighted by atomic mass is 16.4. The van der Waals surface area contributed by atoms with Crippen molar-refractivity contribution in [3.63, 3.8) is 0 Å². The zero-order valence-corrected chi connectivity index (χ0v) is 11.3. The summed E-state index contributed by atoms with van der Waals surface area (Å²) in [6.45, 7) is 1.53.